The molecule has 2 rings (SSSR count). The van der Waals surface area contributed by atoms with E-state index < -0.39 is 28.8 Å². The smallest absolute Gasteiger partial charge is 0.311 e. The summed E-state index contributed by atoms with van der Waals surface area (Å²) in [6.07, 6.45) is 1.11. The fourth-order valence-corrected chi connectivity index (χ4v) is 2.89. The van der Waals surface area contributed by atoms with Crippen molar-refractivity contribution in [1.82, 2.24) is 4.90 Å². The molecule has 8 nitrogen and oxygen atoms in total. The summed E-state index contributed by atoms with van der Waals surface area (Å²) >= 11 is 0. The third kappa shape index (κ3) is 3.25. The third-order valence-electron chi connectivity index (χ3n) is 4.19. The van der Waals surface area contributed by atoms with Gasteiger partial charge in [-0.15, -0.1) is 0 Å². The van der Waals surface area contributed by atoms with Gasteiger partial charge in [-0.05, 0) is 31.9 Å². The minimum absolute atomic E-state index is 0.0710. The lowest BCUT2D eigenvalue weighted by molar-refractivity contribution is -0.385. The number of hydrogen-bond acceptors (Lipinski definition) is 5. The Morgan fingerprint density at radius 3 is 2.70 bits per heavy atom. The first kappa shape index (κ1) is 16.7. The van der Waals surface area contributed by atoms with Crippen LogP contribution in [0, 0.1) is 16.0 Å². The van der Waals surface area contributed by atoms with Crippen molar-refractivity contribution in [3.05, 3.63) is 33.9 Å². The Morgan fingerprint density at radius 2 is 2.13 bits per heavy atom. The Balaban J connectivity index is 2.31. The molecule has 1 fully saturated rings. The van der Waals surface area contributed by atoms with E-state index in [9.17, 15) is 24.8 Å². The number of piperidine rings is 1. The highest BCUT2D eigenvalue weighted by atomic mass is 16.6. The van der Waals surface area contributed by atoms with Crippen molar-refractivity contribution in [2.75, 3.05) is 13.7 Å². The number of carboxylic acid groups (broad SMARTS) is 1. The maximum atomic E-state index is 12.6. The van der Waals surface area contributed by atoms with Crippen molar-refractivity contribution in [3.63, 3.8) is 0 Å². The maximum absolute atomic E-state index is 12.6. The van der Waals surface area contributed by atoms with Crippen LogP contribution in [0.5, 0.6) is 5.75 Å². The molecule has 0 aliphatic carbocycles. The van der Waals surface area contributed by atoms with Crippen LogP contribution in [0.25, 0.3) is 0 Å². The number of nitro benzene ring substituents is 1. The number of carbonyl (C=O) groups excluding carboxylic acids is 1. The Bertz CT molecular complexity index is 645. The first-order valence-corrected chi connectivity index (χ1v) is 7.23. The molecule has 23 heavy (non-hydrogen) atoms. The minimum atomic E-state index is -0.935. The van der Waals surface area contributed by atoms with Crippen molar-refractivity contribution < 1.29 is 24.4 Å². The zero-order chi connectivity index (χ0) is 17.1. The molecule has 124 valence electrons. The second kappa shape index (κ2) is 6.64. The summed E-state index contributed by atoms with van der Waals surface area (Å²) in [5.41, 5.74) is -0.145. The molecule has 1 heterocycles. The number of nitro groups is 1. The van der Waals surface area contributed by atoms with Gasteiger partial charge in [-0.3, -0.25) is 19.7 Å². The average molecular weight is 322 g/mol. The maximum Gasteiger partial charge on any atom is 0.311 e. The SMILES string of the molecule is COc1ccc(C(=O)N2CCC[C@H](C(=O)O)[C@@H]2C)cc1[N+](=O)[O-]. The Hall–Kier alpha value is -2.64. The number of rotatable bonds is 4. The van der Waals surface area contributed by atoms with Gasteiger partial charge < -0.3 is 14.7 Å². The molecule has 0 unspecified atom stereocenters. The van der Waals surface area contributed by atoms with Crippen LogP contribution in [-0.2, 0) is 4.79 Å². The standard InChI is InChI=1S/C15H18N2O6/c1-9-11(15(19)20)4-3-7-16(9)14(18)10-5-6-13(23-2)12(8-10)17(21)22/h5-6,8-9,11H,3-4,7H2,1-2H3,(H,19,20)/t9-,11-/m0/s1. The summed E-state index contributed by atoms with van der Waals surface area (Å²) in [6.45, 7) is 2.12. The van der Waals surface area contributed by atoms with E-state index in [2.05, 4.69) is 0 Å². The van der Waals surface area contributed by atoms with Crippen LogP contribution in [0.4, 0.5) is 5.69 Å². The molecule has 1 aromatic carbocycles. The van der Waals surface area contributed by atoms with E-state index in [0.29, 0.717) is 19.4 Å². The first-order chi connectivity index (χ1) is 10.9. The monoisotopic (exact) mass is 322 g/mol. The number of carbonyl (C=O) groups is 2. The molecule has 1 aliphatic rings. The van der Waals surface area contributed by atoms with E-state index in [1.807, 2.05) is 0 Å². The van der Waals surface area contributed by atoms with Crippen molar-refractivity contribution >= 4 is 17.6 Å². The summed E-state index contributed by atoms with van der Waals surface area (Å²) in [5, 5.41) is 20.3. The topological polar surface area (TPSA) is 110 Å². The van der Waals surface area contributed by atoms with Gasteiger partial charge in [0.2, 0.25) is 0 Å². The lowest BCUT2D eigenvalue weighted by Gasteiger charge is -2.37. The van der Waals surface area contributed by atoms with E-state index in [1.54, 1.807) is 6.92 Å². The summed E-state index contributed by atoms with van der Waals surface area (Å²) in [6, 6.07) is 3.52. The number of nitrogens with zero attached hydrogens (tertiary/aromatic N) is 2. The molecule has 0 spiro atoms. The molecule has 2 atom stereocenters. The summed E-state index contributed by atoms with van der Waals surface area (Å²) in [7, 11) is 1.31. The normalized spacial score (nSPS) is 20.9. The number of hydrogen-bond donors (Lipinski definition) is 1. The fraction of sp³-hybridized carbons (Fsp3) is 0.467. The molecule has 0 radical (unpaired) electrons. The predicted octanol–water partition coefficient (Wildman–Crippen LogP) is 1.93. The molecular formula is C15H18N2O6. The highest BCUT2D eigenvalue weighted by molar-refractivity contribution is 5.95. The molecule has 0 aromatic heterocycles. The van der Waals surface area contributed by atoms with Gasteiger partial charge in [0.05, 0.1) is 18.0 Å². The quantitative estimate of drug-likeness (QED) is 0.670. The van der Waals surface area contributed by atoms with Gasteiger partial charge in [0.25, 0.3) is 5.91 Å². The summed E-state index contributed by atoms with van der Waals surface area (Å²) in [4.78, 5) is 35.8. The van der Waals surface area contributed by atoms with E-state index in [-0.39, 0.29) is 17.0 Å². The van der Waals surface area contributed by atoms with E-state index in [1.165, 1.54) is 24.1 Å². The molecule has 1 amide bonds. The third-order valence-corrected chi connectivity index (χ3v) is 4.19. The van der Waals surface area contributed by atoms with Crippen molar-refractivity contribution in [2.24, 2.45) is 5.92 Å². The van der Waals surface area contributed by atoms with Crippen LogP contribution in [0.1, 0.15) is 30.1 Å². The summed E-state index contributed by atoms with van der Waals surface area (Å²) < 4.78 is 4.91. The molecule has 1 N–H and O–H groups in total. The molecule has 1 aliphatic heterocycles. The van der Waals surface area contributed by atoms with Crippen LogP contribution < -0.4 is 4.74 Å². The van der Waals surface area contributed by atoms with Crippen molar-refractivity contribution in [2.45, 2.75) is 25.8 Å². The Morgan fingerprint density at radius 1 is 1.43 bits per heavy atom. The lowest BCUT2D eigenvalue weighted by Crippen LogP contribution is -2.49. The van der Waals surface area contributed by atoms with Crippen molar-refractivity contribution in [1.29, 1.82) is 0 Å². The minimum Gasteiger partial charge on any atom is -0.490 e. The molecule has 8 heteroatoms. The van der Waals surface area contributed by atoms with E-state index in [4.69, 9.17) is 4.74 Å². The van der Waals surface area contributed by atoms with Crippen molar-refractivity contribution in [3.8, 4) is 5.75 Å². The van der Waals surface area contributed by atoms with Gasteiger partial charge in [-0.1, -0.05) is 0 Å². The Labute approximate surface area is 132 Å². The number of benzene rings is 1. The molecule has 0 bridgehead atoms. The van der Waals surface area contributed by atoms with Gasteiger partial charge in [-0.2, -0.15) is 0 Å². The van der Waals surface area contributed by atoms with Gasteiger partial charge in [0.15, 0.2) is 5.75 Å². The number of likely N-dealkylation sites (tertiary alicyclic amines) is 1. The van der Waals surface area contributed by atoms with Gasteiger partial charge in [0, 0.05) is 24.2 Å². The highest BCUT2D eigenvalue weighted by Crippen LogP contribution is 2.30. The molecule has 1 aromatic rings. The number of methoxy groups -OCH3 is 1. The average Bonchev–Trinajstić information content (AvgIpc) is 2.53. The molecule has 0 saturated carbocycles. The van der Waals surface area contributed by atoms with E-state index in [0.717, 1.165) is 6.07 Å². The van der Waals surface area contributed by atoms with Crippen LogP contribution >= 0.6 is 0 Å². The zero-order valence-corrected chi connectivity index (χ0v) is 12.9. The number of carboxylic acids is 1. The zero-order valence-electron chi connectivity index (χ0n) is 12.9. The largest absolute Gasteiger partial charge is 0.490 e. The van der Waals surface area contributed by atoms with Gasteiger partial charge in [0.1, 0.15) is 0 Å². The predicted molar refractivity (Wildman–Crippen MR) is 80.5 cm³/mol. The number of aliphatic carboxylic acids is 1. The van der Waals surface area contributed by atoms with E-state index >= 15 is 0 Å². The summed E-state index contributed by atoms with van der Waals surface area (Å²) in [5.74, 6) is -1.90. The second-order valence-electron chi connectivity index (χ2n) is 5.47. The van der Waals surface area contributed by atoms with Gasteiger partial charge in [-0.25, -0.2) is 0 Å². The fourth-order valence-electron chi connectivity index (χ4n) is 2.89. The van der Waals surface area contributed by atoms with Crippen LogP contribution in [0.15, 0.2) is 18.2 Å². The number of amides is 1. The number of ether oxygens (including phenoxy) is 1. The molecule has 1 saturated heterocycles. The van der Waals surface area contributed by atoms with Crippen LogP contribution in [-0.4, -0.2) is 46.5 Å². The van der Waals surface area contributed by atoms with Gasteiger partial charge >= 0.3 is 11.7 Å². The van der Waals surface area contributed by atoms with Crippen LogP contribution in [0.2, 0.25) is 0 Å². The first-order valence-electron chi connectivity index (χ1n) is 7.23. The Kier molecular flexibility index (Phi) is 4.83. The lowest BCUT2D eigenvalue weighted by atomic mass is 9.90. The van der Waals surface area contributed by atoms with Crippen LogP contribution in [0.3, 0.4) is 0 Å². The second-order valence-corrected chi connectivity index (χ2v) is 5.47. The molecular weight excluding hydrogens is 304 g/mol. The highest BCUT2D eigenvalue weighted by Gasteiger charge is 2.36.